The molecule has 0 radical (unpaired) electrons. The minimum atomic E-state index is -0.689. The van der Waals surface area contributed by atoms with Crippen LogP contribution in [-0.2, 0) is 9.47 Å². The average molecular weight is 293 g/mol. The molecule has 0 atom stereocenters. The quantitative estimate of drug-likeness (QED) is 0.836. The summed E-state index contributed by atoms with van der Waals surface area (Å²) in [5, 5.41) is 4.85. The molecule has 0 aliphatic carbocycles. The highest BCUT2D eigenvalue weighted by atomic mass is 35.5. The van der Waals surface area contributed by atoms with Gasteiger partial charge < -0.3 is 9.47 Å². The molecule has 0 spiro atoms. The number of benzene rings is 1. The molecule has 1 rings (SSSR count). The van der Waals surface area contributed by atoms with Gasteiger partial charge in [-0.25, -0.2) is 9.59 Å². The summed E-state index contributed by atoms with van der Waals surface area (Å²) in [5.41, 5.74) is 0.877. The molecule has 0 heterocycles. The second kappa shape index (κ2) is 7.62. The van der Waals surface area contributed by atoms with Crippen LogP contribution in [0, 0.1) is 0 Å². The fourth-order valence-electron chi connectivity index (χ4n) is 1.08. The molecule has 0 unspecified atom stereocenters. The highest BCUT2D eigenvalue weighted by molar-refractivity contribution is 6.17. The van der Waals surface area contributed by atoms with Gasteiger partial charge in [-0.3, -0.25) is 10.6 Å². The Hall–Kier alpha value is -1.66. The lowest BCUT2D eigenvalue weighted by Gasteiger charge is -2.08. The van der Waals surface area contributed by atoms with E-state index in [0.29, 0.717) is 11.4 Å². The number of halogens is 2. The minimum absolute atomic E-state index is 0.244. The molecule has 0 saturated heterocycles. The maximum Gasteiger partial charge on any atom is 0.412 e. The lowest BCUT2D eigenvalue weighted by Crippen LogP contribution is -2.14. The van der Waals surface area contributed by atoms with E-state index < -0.39 is 12.2 Å². The number of hydrogen-bond acceptors (Lipinski definition) is 4. The lowest BCUT2D eigenvalue weighted by atomic mass is 10.3. The molecule has 0 aromatic heterocycles. The molecule has 0 saturated carbocycles. The smallest absolute Gasteiger partial charge is 0.412 e. The van der Waals surface area contributed by atoms with Crippen molar-refractivity contribution in [2.75, 3.05) is 22.8 Å². The fourth-order valence-corrected chi connectivity index (χ4v) is 1.28. The molecule has 0 fully saturated rings. The van der Waals surface area contributed by atoms with E-state index in [4.69, 9.17) is 23.2 Å². The summed E-state index contributed by atoms with van der Waals surface area (Å²) >= 11 is 10.5. The Kier molecular flexibility index (Phi) is 6.10. The van der Waals surface area contributed by atoms with E-state index >= 15 is 0 Å². The van der Waals surface area contributed by atoms with E-state index in [1.165, 1.54) is 6.07 Å². The van der Waals surface area contributed by atoms with Crippen LogP contribution in [0.1, 0.15) is 0 Å². The Labute approximate surface area is 113 Å². The number of anilines is 2. The van der Waals surface area contributed by atoms with E-state index in [0.717, 1.165) is 0 Å². The van der Waals surface area contributed by atoms with Crippen molar-refractivity contribution in [1.29, 1.82) is 0 Å². The molecule has 98 valence electrons. The summed E-state index contributed by atoms with van der Waals surface area (Å²) < 4.78 is 8.98. The summed E-state index contributed by atoms with van der Waals surface area (Å²) in [6.45, 7) is 0. The average Bonchev–Trinajstić information content (AvgIpc) is 2.29. The normalized spacial score (nSPS) is 9.44. The van der Waals surface area contributed by atoms with Gasteiger partial charge in [0.25, 0.3) is 0 Å². The highest BCUT2D eigenvalue weighted by Gasteiger charge is 2.05. The summed E-state index contributed by atoms with van der Waals surface area (Å²) in [4.78, 5) is 22.2. The van der Waals surface area contributed by atoms with Gasteiger partial charge in [-0.05, 0) is 18.2 Å². The zero-order chi connectivity index (χ0) is 13.4. The third kappa shape index (κ3) is 5.11. The maximum absolute atomic E-state index is 11.1. The van der Waals surface area contributed by atoms with Crippen molar-refractivity contribution in [3.05, 3.63) is 24.3 Å². The maximum atomic E-state index is 11.1. The summed E-state index contributed by atoms with van der Waals surface area (Å²) in [5.74, 6) is 0. The van der Waals surface area contributed by atoms with Crippen LogP contribution in [-0.4, -0.2) is 24.3 Å². The molecule has 8 heteroatoms. The van der Waals surface area contributed by atoms with Gasteiger partial charge in [-0.2, -0.15) is 0 Å². The molecule has 2 N–H and O–H groups in total. The number of amides is 2. The molecule has 0 aliphatic rings. The van der Waals surface area contributed by atoms with Crippen molar-refractivity contribution < 1.29 is 19.1 Å². The zero-order valence-electron chi connectivity index (χ0n) is 9.11. The number of nitrogens with one attached hydrogen (secondary N) is 2. The zero-order valence-corrected chi connectivity index (χ0v) is 10.6. The summed E-state index contributed by atoms with van der Waals surface area (Å²) in [6.07, 6.45) is -1.38. The van der Waals surface area contributed by atoms with Crippen LogP contribution < -0.4 is 10.6 Å². The largest absolute Gasteiger partial charge is 0.433 e. The van der Waals surface area contributed by atoms with E-state index in [2.05, 4.69) is 20.1 Å². The van der Waals surface area contributed by atoms with Gasteiger partial charge in [0.2, 0.25) is 0 Å². The molecule has 2 amide bonds. The topological polar surface area (TPSA) is 76.7 Å². The lowest BCUT2D eigenvalue weighted by molar-refractivity contribution is 0.179. The van der Waals surface area contributed by atoms with Crippen LogP contribution in [0.3, 0.4) is 0 Å². The van der Waals surface area contributed by atoms with Crippen molar-refractivity contribution in [1.82, 2.24) is 0 Å². The second-order valence-corrected chi connectivity index (χ2v) is 3.35. The highest BCUT2D eigenvalue weighted by Crippen LogP contribution is 2.15. The van der Waals surface area contributed by atoms with E-state index in [9.17, 15) is 9.59 Å². The molecule has 6 nitrogen and oxygen atoms in total. The Morgan fingerprint density at radius 1 is 1.00 bits per heavy atom. The summed E-state index contributed by atoms with van der Waals surface area (Å²) in [7, 11) is 0. The van der Waals surface area contributed by atoms with Crippen molar-refractivity contribution >= 4 is 46.8 Å². The monoisotopic (exact) mass is 292 g/mol. The number of alkyl halides is 2. The number of ether oxygens (including phenoxy) is 2. The molecule has 1 aromatic rings. The second-order valence-electron chi connectivity index (χ2n) is 2.91. The van der Waals surface area contributed by atoms with Crippen LogP contribution in [0.15, 0.2) is 24.3 Å². The van der Waals surface area contributed by atoms with Gasteiger partial charge in [0.15, 0.2) is 12.1 Å². The standard InChI is InChI=1S/C10H10Cl2N2O4/c11-5-17-9(15)13-7-2-1-3-8(4-7)14-10(16)18-6-12/h1-4H,5-6H2,(H,13,15)(H,14,16). The first-order valence-corrected chi connectivity index (χ1v) is 5.82. The van der Waals surface area contributed by atoms with Gasteiger partial charge in [0.05, 0.1) is 0 Å². The van der Waals surface area contributed by atoms with Gasteiger partial charge in [0.1, 0.15) is 0 Å². The van der Waals surface area contributed by atoms with Crippen LogP contribution >= 0.6 is 23.2 Å². The number of carbonyl (C=O) groups excluding carboxylic acids is 2. The summed E-state index contributed by atoms with van der Waals surface area (Å²) in [6, 6.07) is 5.90. The van der Waals surface area contributed by atoms with Crippen LogP contribution in [0.5, 0.6) is 0 Å². The third-order valence-corrected chi connectivity index (χ3v) is 1.94. The number of carbonyl (C=O) groups is 2. The molecule has 18 heavy (non-hydrogen) atoms. The van der Waals surface area contributed by atoms with Gasteiger partial charge >= 0.3 is 12.2 Å². The predicted octanol–water partition coefficient (Wildman–Crippen LogP) is 3.18. The van der Waals surface area contributed by atoms with Crippen molar-refractivity contribution in [2.45, 2.75) is 0 Å². The van der Waals surface area contributed by atoms with Crippen molar-refractivity contribution in [3.8, 4) is 0 Å². The Morgan fingerprint density at radius 3 is 1.83 bits per heavy atom. The molecule has 0 bridgehead atoms. The molecular weight excluding hydrogens is 283 g/mol. The van der Waals surface area contributed by atoms with Crippen molar-refractivity contribution in [3.63, 3.8) is 0 Å². The Morgan fingerprint density at radius 2 is 1.44 bits per heavy atom. The van der Waals surface area contributed by atoms with E-state index in [1.807, 2.05) is 0 Å². The van der Waals surface area contributed by atoms with Gasteiger partial charge in [-0.15, -0.1) is 0 Å². The van der Waals surface area contributed by atoms with E-state index in [1.54, 1.807) is 18.2 Å². The third-order valence-electron chi connectivity index (χ3n) is 1.73. The first-order chi connectivity index (χ1) is 8.65. The van der Waals surface area contributed by atoms with Crippen molar-refractivity contribution in [2.24, 2.45) is 0 Å². The molecular formula is C10H10Cl2N2O4. The SMILES string of the molecule is O=C(Nc1cccc(NC(=O)OCCl)c1)OCCl. The van der Waals surface area contributed by atoms with E-state index in [-0.39, 0.29) is 12.1 Å². The van der Waals surface area contributed by atoms with Crippen LogP contribution in [0.2, 0.25) is 0 Å². The number of hydrogen-bond donors (Lipinski definition) is 2. The molecule has 0 aliphatic heterocycles. The van der Waals surface area contributed by atoms with Crippen LogP contribution in [0.4, 0.5) is 21.0 Å². The first-order valence-electron chi connectivity index (χ1n) is 4.75. The number of rotatable bonds is 4. The Balaban J connectivity index is 2.61. The predicted molar refractivity (Wildman–Crippen MR) is 68.1 cm³/mol. The molecule has 1 aromatic carbocycles. The Bertz CT molecular complexity index is 393. The van der Waals surface area contributed by atoms with Crippen LogP contribution in [0.25, 0.3) is 0 Å². The minimum Gasteiger partial charge on any atom is -0.433 e. The van der Waals surface area contributed by atoms with Gasteiger partial charge in [0, 0.05) is 11.4 Å². The first kappa shape index (κ1) is 14.4. The van der Waals surface area contributed by atoms with Gasteiger partial charge in [-0.1, -0.05) is 29.3 Å². The fraction of sp³-hybridized carbons (Fsp3) is 0.200.